The van der Waals surface area contributed by atoms with Crippen LogP contribution in [-0.2, 0) is 12.7 Å². The highest BCUT2D eigenvalue weighted by Gasteiger charge is 2.32. The number of methoxy groups -OCH3 is 1. The van der Waals surface area contributed by atoms with Crippen LogP contribution in [0.4, 0.5) is 18.0 Å². The van der Waals surface area contributed by atoms with Gasteiger partial charge in [0.2, 0.25) is 0 Å². The summed E-state index contributed by atoms with van der Waals surface area (Å²) in [4.78, 5) is 16.0. The van der Waals surface area contributed by atoms with Crippen molar-refractivity contribution in [1.82, 2.24) is 4.90 Å². The summed E-state index contributed by atoms with van der Waals surface area (Å²) < 4.78 is 46.5. The van der Waals surface area contributed by atoms with Crippen LogP contribution >= 0.6 is 11.6 Å². The minimum atomic E-state index is -4.64. The van der Waals surface area contributed by atoms with Gasteiger partial charge in [-0.05, 0) is 70.1 Å². The molecule has 0 saturated heterocycles. The summed E-state index contributed by atoms with van der Waals surface area (Å²) in [5.74, 6) is 0.572. The number of benzene rings is 3. The normalized spacial score (nSPS) is 12.1. The highest BCUT2D eigenvalue weighted by atomic mass is 35.5. The molecule has 1 unspecified atom stereocenters. The Balaban J connectivity index is 2.12. The first-order valence-electron chi connectivity index (χ1n) is 11.6. The molecule has 1 N–H and O–H groups in total. The summed E-state index contributed by atoms with van der Waals surface area (Å²) in [5, 5.41) is 14.1. The number of rotatable bonds is 9. The van der Waals surface area contributed by atoms with Gasteiger partial charge >= 0.3 is 12.3 Å². The summed E-state index contributed by atoms with van der Waals surface area (Å²) in [5.41, 5.74) is 10.7. The molecular formula is C27H26ClF3N4O3. The lowest BCUT2D eigenvalue weighted by Gasteiger charge is -2.25. The van der Waals surface area contributed by atoms with E-state index in [1.165, 1.54) is 13.2 Å². The lowest BCUT2D eigenvalue weighted by molar-refractivity contribution is -0.137. The Morgan fingerprint density at radius 1 is 1.08 bits per heavy atom. The quantitative estimate of drug-likeness (QED) is 0.165. The smallest absolute Gasteiger partial charge is 0.416 e. The third kappa shape index (κ3) is 6.90. The van der Waals surface area contributed by atoms with E-state index in [0.29, 0.717) is 27.5 Å². The molecule has 0 aromatic heterocycles. The van der Waals surface area contributed by atoms with E-state index in [2.05, 4.69) is 10.0 Å². The largest absolute Gasteiger partial charge is 0.496 e. The van der Waals surface area contributed by atoms with Crippen LogP contribution in [-0.4, -0.2) is 29.8 Å². The van der Waals surface area contributed by atoms with Crippen molar-refractivity contribution in [3.05, 3.63) is 98.4 Å². The van der Waals surface area contributed by atoms with Crippen LogP contribution in [0.3, 0.4) is 0 Å². The molecule has 0 radical (unpaired) electrons. The van der Waals surface area contributed by atoms with Gasteiger partial charge in [0, 0.05) is 28.6 Å². The SMILES string of the molecule is COc1ccc(C(C)C)cc1-c1ccc(C(F)(F)F)cc1CN(CC(N=[N+]=[N-])c1ccc(Cl)cc1)C(=O)O. The molecule has 0 fully saturated rings. The molecule has 0 aliphatic carbocycles. The molecule has 7 nitrogen and oxygen atoms in total. The zero-order valence-corrected chi connectivity index (χ0v) is 21.7. The fourth-order valence-electron chi connectivity index (χ4n) is 4.04. The van der Waals surface area contributed by atoms with Gasteiger partial charge in [-0.3, -0.25) is 0 Å². The second-order valence-electron chi connectivity index (χ2n) is 8.92. The van der Waals surface area contributed by atoms with Crippen LogP contribution < -0.4 is 4.74 Å². The molecule has 0 saturated carbocycles. The minimum Gasteiger partial charge on any atom is -0.496 e. The van der Waals surface area contributed by atoms with Gasteiger partial charge in [0.25, 0.3) is 0 Å². The average molecular weight is 547 g/mol. The first-order valence-corrected chi connectivity index (χ1v) is 12.0. The Morgan fingerprint density at radius 2 is 1.74 bits per heavy atom. The molecule has 11 heteroatoms. The lowest BCUT2D eigenvalue weighted by Crippen LogP contribution is -2.33. The molecule has 38 heavy (non-hydrogen) atoms. The molecule has 0 bridgehead atoms. The number of halogens is 4. The van der Waals surface area contributed by atoms with Crippen LogP contribution in [0.25, 0.3) is 21.6 Å². The maximum absolute atomic E-state index is 13.7. The molecule has 3 aromatic rings. The van der Waals surface area contributed by atoms with Gasteiger partial charge in [-0.25, -0.2) is 4.79 Å². The van der Waals surface area contributed by atoms with E-state index < -0.39 is 30.4 Å². The molecule has 3 aromatic carbocycles. The fourth-order valence-corrected chi connectivity index (χ4v) is 4.17. The maximum atomic E-state index is 13.7. The van der Waals surface area contributed by atoms with Crippen molar-refractivity contribution in [2.24, 2.45) is 5.11 Å². The third-order valence-electron chi connectivity index (χ3n) is 6.08. The molecule has 3 rings (SSSR count). The molecule has 0 heterocycles. The van der Waals surface area contributed by atoms with Crippen LogP contribution in [0.1, 0.15) is 48.1 Å². The number of amides is 1. The molecule has 200 valence electrons. The second-order valence-corrected chi connectivity index (χ2v) is 9.36. The summed E-state index contributed by atoms with van der Waals surface area (Å²) in [6.45, 7) is 3.28. The lowest BCUT2D eigenvalue weighted by atomic mass is 9.92. The Labute approximate surface area is 223 Å². The van der Waals surface area contributed by atoms with E-state index in [1.807, 2.05) is 26.0 Å². The zero-order valence-electron chi connectivity index (χ0n) is 20.9. The first-order chi connectivity index (χ1) is 17.9. The van der Waals surface area contributed by atoms with E-state index >= 15 is 0 Å². The van der Waals surface area contributed by atoms with Crippen molar-refractivity contribution < 1.29 is 27.8 Å². The molecular weight excluding hydrogens is 521 g/mol. The Bertz CT molecular complexity index is 1340. The summed E-state index contributed by atoms with van der Waals surface area (Å²) in [7, 11) is 1.46. The predicted octanol–water partition coefficient (Wildman–Crippen LogP) is 8.69. The monoisotopic (exact) mass is 546 g/mol. The van der Waals surface area contributed by atoms with E-state index in [1.54, 1.807) is 30.3 Å². The van der Waals surface area contributed by atoms with Crippen molar-refractivity contribution in [1.29, 1.82) is 0 Å². The maximum Gasteiger partial charge on any atom is 0.416 e. The summed E-state index contributed by atoms with van der Waals surface area (Å²) in [6.07, 6.45) is -6.02. The minimum absolute atomic E-state index is 0.122. The van der Waals surface area contributed by atoms with Gasteiger partial charge in [0.05, 0.1) is 18.7 Å². The number of ether oxygens (including phenoxy) is 1. The predicted molar refractivity (Wildman–Crippen MR) is 139 cm³/mol. The third-order valence-corrected chi connectivity index (χ3v) is 6.34. The number of hydrogen-bond acceptors (Lipinski definition) is 3. The van der Waals surface area contributed by atoms with Crippen molar-refractivity contribution in [2.75, 3.05) is 13.7 Å². The Hall–Kier alpha value is -3.88. The first kappa shape index (κ1) is 28.7. The van der Waals surface area contributed by atoms with Crippen LogP contribution in [0.2, 0.25) is 5.02 Å². The number of nitrogens with zero attached hydrogens (tertiary/aromatic N) is 4. The average Bonchev–Trinajstić information content (AvgIpc) is 2.87. The second kappa shape index (κ2) is 12.1. The zero-order chi connectivity index (χ0) is 28.0. The molecule has 0 aliphatic heterocycles. The Kier molecular flexibility index (Phi) is 9.14. The number of carbonyl (C=O) groups is 1. The fraction of sp³-hybridized carbons (Fsp3) is 0.296. The van der Waals surface area contributed by atoms with Gasteiger partial charge in [-0.1, -0.05) is 54.8 Å². The van der Waals surface area contributed by atoms with Gasteiger partial charge in [0.15, 0.2) is 0 Å². The van der Waals surface area contributed by atoms with Crippen molar-refractivity contribution in [3.63, 3.8) is 0 Å². The van der Waals surface area contributed by atoms with Crippen molar-refractivity contribution in [3.8, 4) is 16.9 Å². The van der Waals surface area contributed by atoms with Gasteiger partial charge in [-0.2, -0.15) is 13.2 Å². The number of carboxylic acid groups (broad SMARTS) is 1. The standard InChI is InChI=1S/C27H26ClF3N4O3/c1-16(2)18-6-11-25(38-3)23(13-18)22-10-7-20(27(29,30)31)12-19(22)14-35(26(36)37)15-24(33-34-32)17-4-8-21(28)9-5-17/h4-13,16,24H,14-15H2,1-3H3,(H,36,37). The van der Waals surface area contributed by atoms with Crippen LogP contribution in [0.15, 0.2) is 65.8 Å². The van der Waals surface area contributed by atoms with E-state index in [9.17, 15) is 23.1 Å². The summed E-state index contributed by atoms with van der Waals surface area (Å²) >= 11 is 5.93. The molecule has 0 aliphatic rings. The van der Waals surface area contributed by atoms with Crippen LogP contribution in [0, 0.1) is 0 Å². The number of azide groups is 1. The number of hydrogen-bond donors (Lipinski definition) is 1. The van der Waals surface area contributed by atoms with Gasteiger partial charge in [-0.15, -0.1) is 0 Å². The van der Waals surface area contributed by atoms with E-state index in [4.69, 9.17) is 21.9 Å². The molecule has 0 spiro atoms. The van der Waals surface area contributed by atoms with Crippen molar-refractivity contribution in [2.45, 2.75) is 38.5 Å². The molecule has 1 atom stereocenters. The van der Waals surface area contributed by atoms with Crippen LogP contribution in [0.5, 0.6) is 5.75 Å². The highest BCUT2D eigenvalue weighted by molar-refractivity contribution is 6.30. The Morgan fingerprint density at radius 3 is 2.29 bits per heavy atom. The van der Waals surface area contributed by atoms with E-state index in [-0.39, 0.29) is 18.0 Å². The summed E-state index contributed by atoms with van der Waals surface area (Å²) in [6, 6.07) is 14.1. The van der Waals surface area contributed by atoms with Gasteiger partial charge < -0.3 is 14.7 Å². The topological polar surface area (TPSA) is 98.5 Å². The molecule has 1 amide bonds. The van der Waals surface area contributed by atoms with Crippen molar-refractivity contribution >= 4 is 17.7 Å². The highest BCUT2D eigenvalue weighted by Crippen LogP contribution is 2.39. The van der Waals surface area contributed by atoms with Gasteiger partial charge in [0.1, 0.15) is 5.75 Å². The van der Waals surface area contributed by atoms with E-state index in [0.717, 1.165) is 22.6 Å². The number of alkyl halides is 3.